The van der Waals surface area contributed by atoms with E-state index < -0.39 is 0 Å². The summed E-state index contributed by atoms with van der Waals surface area (Å²) in [5.74, 6) is 0.180. The van der Waals surface area contributed by atoms with Crippen LogP contribution in [0.4, 0.5) is 5.69 Å². The van der Waals surface area contributed by atoms with Crippen molar-refractivity contribution in [1.29, 1.82) is 0 Å². The SMILES string of the molecule is CCCN1CCN(c2c(C)cccc2/C(N)=N/O)CC1. The minimum Gasteiger partial charge on any atom is -0.409 e. The zero-order chi connectivity index (χ0) is 14.5. The van der Waals surface area contributed by atoms with E-state index in [1.165, 1.54) is 6.42 Å². The molecule has 0 aliphatic carbocycles. The fourth-order valence-corrected chi connectivity index (χ4v) is 2.85. The highest BCUT2D eigenvalue weighted by molar-refractivity contribution is 6.02. The first-order chi connectivity index (χ1) is 9.67. The number of hydrogen-bond acceptors (Lipinski definition) is 4. The first-order valence-corrected chi connectivity index (χ1v) is 7.22. The van der Waals surface area contributed by atoms with Gasteiger partial charge in [-0.1, -0.05) is 24.2 Å². The molecule has 3 N–H and O–H groups in total. The lowest BCUT2D eigenvalue weighted by Gasteiger charge is -2.37. The second kappa shape index (κ2) is 6.61. The van der Waals surface area contributed by atoms with Crippen molar-refractivity contribution in [3.8, 4) is 0 Å². The second-order valence-corrected chi connectivity index (χ2v) is 5.29. The molecule has 1 aromatic rings. The number of piperazine rings is 1. The van der Waals surface area contributed by atoms with Gasteiger partial charge in [-0.05, 0) is 31.5 Å². The van der Waals surface area contributed by atoms with E-state index in [2.05, 4.69) is 34.9 Å². The lowest BCUT2D eigenvalue weighted by molar-refractivity contribution is 0.258. The smallest absolute Gasteiger partial charge is 0.172 e. The van der Waals surface area contributed by atoms with Gasteiger partial charge in [0.25, 0.3) is 0 Å². The highest BCUT2D eigenvalue weighted by Gasteiger charge is 2.21. The van der Waals surface area contributed by atoms with Crippen molar-refractivity contribution in [2.45, 2.75) is 20.3 Å². The van der Waals surface area contributed by atoms with Crippen molar-refractivity contribution >= 4 is 11.5 Å². The zero-order valence-electron chi connectivity index (χ0n) is 12.3. The van der Waals surface area contributed by atoms with Gasteiger partial charge in [0, 0.05) is 31.7 Å². The third kappa shape index (κ3) is 3.04. The van der Waals surface area contributed by atoms with Crippen molar-refractivity contribution in [2.75, 3.05) is 37.6 Å². The Kier molecular flexibility index (Phi) is 4.84. The van der Waals surface area contributed by atoms with E-state index in [0.29, 0.717) is 0 Å². The van der Waals surface area contributed by atoms with E-state index in [9.17, 15) is 0 Å². The van der Waals surface area contributed by atoms with Gasteiger partial charge in [-0.2, -0.15) is 0 Å². The molecule has 1 aliphatic rings. The molecule has 0 atom stereocenters. The fourth-order valence-electron chi connectivity index (χ4n) is 2.85. The summed E-state index contributed by atoms with van der Waals surface area (Å²) in [6.07, 6.45) is 1.19. The standard InChI is InChI=1S/C15H24N4O/c1-3-7-18-8-10-19(11-9-18)14-12(2)5-4-6-13(14)15(16)17-20/h4-6,20H,3,7-11H2,1-2H3,(H2,16,17). The van der Waals surface area contributed by atoms with Crippen LogP contribution in [0.3, 0.4) is 0 Å². The van der Waals surface area contributed by atoms with Crippen molar-refractivity contribution in [2.24, 2.45) is 10.9 Å². The summed E-state index contributed by atoms with van der Waals surface area (Å²) >= 11 is 0. The highest BCUT2D eigenvalue weighted by Crippen LogP contribution is 2.26. The number of para-hydroxylation sites is 1. The number of benzene rings is 1. The molecule has 0 aromatic heterocycles. The quantitative estimate of drug-likeness (QED) is 0.380. The molecular formula is C15H24N4O. The number of nitrogens with zero attached hydrogens (tertiary/aromatic N) is 3. The van der Waals surface area contributed by atoms with E-state index in [1.807, 2.05) is 12.1 Å². The fraction of sp³-hybridized carbons (Fsp3) is 0.533. The summed E-state index contributed by atoms with van der Waals surface area (Å²) in [6.45, 7) is 9.55. The molecule has 1 aliphatic heterocycles. The van der Waals surface area contributed by atoms with Crippen LogP contribution in [-0.2, 0) is 0 Å². The number of anilines is 1. The van der Waals surface area contributed by atoms with Crippen LogP contribution >= 0.6 is 0 Å². The number of hydrogen-bond donors (Lipinski definition) is 2. The molecule has 2 rings (SSSR count). The Hall–Kier alpha value is -1.75. The molecule has 1 saturated heterocycles. The number of aryl methyl sites for hydroxylation is 1. The summed E-state index contributed by atoms with van der Waals surface area (Å²) in [6, 6.07) is 5.93. The van der Waals surface area contributed by atoms with E-state index in [-0.39, 0.29) is 5.84 Å². The predicted octanol–water partition coefficient (Wildman–Crippen LogP) is 1.62. The number of oxime groups is 1. The molecule has 0 amide bonds. The van der Waals surface area contributed by atoms with Gasteiger partial charge < -0.3 is 15.8 Å². The molecule has 0 radical (unpaired) electrons. The summed E-state index contributed by atoms with van der Waals surface area (Å²) in [7, 11) is 0. The van der Waals surface area contributed by atoms with Gasteiger partial charge in [0.1, 0.15) is 0 Å². The van der Waals surface area contributed by atoms with E-state index in [0.717, 1.165) is 49.5 Å². The van der Waals surface area contributed by atoms with Gasteiger partial charge in [-0.15, -0.1) is 0 Å². The Morgan fingerprint density at radius 1 is 1.30 bits per heavy atom. The summed E-state index contributed by atoms with van der Waals surface area (Å²) in [4.78, 5) is 4.83. The van der Waals surface area contributed by atoms with Gasteiger partial charge in [0.15, 0.2) is 5.84 Å². The first-order valence-electron chi connectivity index (χ1n) is 7.22. The molecule has 5 heteroatoms. The molecule has 20 heavy (non-hydrogen) atoms. The minimum absolute atomic E-state index is 0.180. The monoisotopic (exact) mass is 276 g/mol. The Morgan fingerprint density at radius 3 is 2.60 bits per heavy atom. The Labute approximate surface area is 120 Å². The van der Waals surface area contributed by atoms with Crippen LogP contribution in [-0.4, -0.2) is 48.7 Å². The van der Waals surface area contributed by atoms with Crippen molar-refractivity contribution in [1.82, 2.24) is 4.90 Å². The first kappa shape index (κ1) is 14.7. The minimum atomic E-state index is 0.180. The summed E-state index contributed by atoms with van der Waals surface area (Å²) in [5, 5.41) is 12.1. The molecule has 1 heterocycles. The van der Waals surface area contributed by atoms with Crippen molar-refractivity contribution < 1.29 is 5.21 Å². The van der Waals surface area contributed by atoms with E-state index >= 15 is 0 Å². The zero-order valence-corrected chi connectivity index (χ0v) is 12.3. The van der Waals surface area contributed by atoms with Crippen LogP contribution in [0.15, 0.2) is 23.4 Å². The molecule has 0 unspecified atom stereocenters. The number of nitrogens with two attached hydrogens (primary N) is 1. The Morgan fingerprint density at radius 2 is 2.00 bits per heavy atom. The lowest BCUT2D eigenvalue weighted by atomic mass is 10.0. The third-order valence-electron chi connectivity index (χ3n) is 3.85. The predicted molar refractivity (Wildman–Crippen MR) is 82.6 cm³/mol. The van der Waals surface area contributed by atoms with Crippen LogP contribution in [0.25, 0.3) is 0 Å². The average molecular weight is 276 g/mol. The number of amidine groups is 1. The van der Waals surface area contributed by atoms with Gasteiger partial charge in [-0.25, -0.2) is 0 Å². The molecule has 110 valence electrons. The summed E-state index contributed by atoms with van der Waals surface area (Å²) < 4.78 is 0. The maximum absolute atomic E-state index is 8.95. The van der Waals surface area contributed by atoms with Crippen LogP contribution in [0, 0.1) is 6.92 Å². The average Bonchev–Trinajstić information content (AvgIpc) is 2.47. The van der Waals surface area contributed by atoms with Crippen LogP contribution < -0.4 is 10.6 Å². The summed E-state index contributed by atoms with van der Waals surface area (Å²) in [5.41, 5.74) is 8.89. The lowest BCUT2D eigenvalue weighted by Crippen LogP contribution is -2.47. The molecule has 5 nitrogen and oxygen atoms in total. The Balaban J connectivity index is 2.21. The molecule has 0 spiro atoms. The maximum Gasteiger partial charge on any atom is 0.172 e. The molecular weight excluding hydrogens is 252 g/mol. The van der Waals surface area contributed by atoms with Crippen LogP contribution in [0.2, 0.25) is 0 Å². The van der Waals surface area contributed by atoms with Crippen LogP contribution in [0.1, 0.15) is 24.5 Å². The topological polar surface area (TPSA) is 65.1 Å². The highest BCUT2D eigenvalue weighted by atomic mass is 16.4. The molecule has 1 aromatic carbocycles. The number of rotatable bonds is 4. The largest absolute Gasteiger partial charge is 0.409 e. The van der Waals surface area contributed by atoms with Gasteiger partial charge in [0.2, 0.25) is 0 Å². The van der Waals surface area contributed by atoms with E-state index in [1.54, 1.807) is 0 Å². The molecule has 1 fully saturated rings. The second-order valence-electron chi connectivity index (χ2n) is 5.29. The van der Waals surface area contributed by atoms with Gasteiger partial charge >= 0.3 is 0 Å². The third-order valence-corrected chi connectivity index (χ3v) is 3.85. The van der Waals surface area contributed by atoms with Crippen LogP contribution in [0.5, 0.6) is 0 Å². The normalized spacial score (nSPS) is 17.5. The molecule has 0 saturated carbocycles. The Bertz CT molecular complexity index is 479. The van der Waals surface area contributed by atoms with Gasteiger partial charge in [-0.3, -0.25) is 4.90 Å². The van der Waals surface area contributed by atoms with Crippen molar-refractivity contribution in [3.63, 3.8) is 0 Å². The van der Waals surface area contributed by atoms with Crippen molar-refractivity contribution in [3.05, 3.63) is 29.3 Å². The molecule has 0 bridgehead atoms. The van der Waals surface area contributed by atoms with E-state index in [4.69, 9.17) is 10.9 Å². The maximum atomic E-state index is 8.95. The van der Waals surface area contributed by atoms with Gasteiger partial charge in [0.05, 0.1) is 5.69 Å².